The number of rotatable bonds is 2. The zero-order chi connectivity index (χ0) is 12.3. The van der Waals surface area contributed by atoms with Gasteiger partial charge in [0.05, 0.1) is 0 Å². The van der Waals surface area contributed by atoms with Gasteiger partial charge in [-0.3, -0.25) is 0 Å². The molecule has 1 aromatic heterocycles. The van der Waals surface area contributed by atoms with Crippen LogP contribution >= 0.6 is 0 Å². The summed E-state index contributed by atoms with van der Waals surface area (Å²) >= 11 is 0. The molecule has 0 unspecified atom stereocenters. The highest BCUT2D eigenvalue weighted by Gasteiger charge is 2.13. The van der Waals surface area contributed by atoms with Crippen molar-refractivity contribution in [2.45, 2.75) is 26.2 Å². The van der Waals surface area contributed by atoms with Crippen molar-refractivity contribution in [3.8, 4) is 0 Å². The van der Waals surface area contributed by atoms with Gasteiger partial charge >= 0.3 is 0 Å². The largest absolute Gasteiger partial charge is 0.340 e. The zero-order valence-electron chi connectivity index (χ0n) is 10.5. The molecule has 1 N–H and O–H groups in total. The SMILES string of the molecule is CC(C)(C)c1cccc(Nc2cc[c]cn2)c1. The molecule has 0 saturated heterocycles. The van der Waals surface area contributed by atoms with Crippen LogP contribution in [0.3, 0.4) is 0 Å². The Hall–Kier alpha value is -1.83. The third kappa shape index (κ3) is 3.06. The first-order valence-corrected chi connectivity index (χ1v) is 5.75. The van der Waals surface area contributed by atoms with Crippen molar-refractivity contribution in [2.75, 3.05) is 5.32 Å². The topological polar surface area (TPSA) is 24.9 Å². The molecule has 87 valence electrons. The maximum Gasteiger partial charge on any atom is 0.130 e. The van der Waals surface area contributed by atoms with Gasteiger partial charge in [0, 0.05) is 18.0 Å². The minimum Gasteiger partial charge on any atom is -0.340 e. The summed E-state index contributed by atoms with van der Waals surface area (Å²) in [6.07, 6.45) is 1.66. The van der Waals surface area contributed by atoms with E-state index in [4.69, 9.17) is 0 Å². The normalized spacial score (nSPS) is 11.2. The Labute approximate surface area is 103 Å². The van der Waals surface area contributed by atoms with Crippen molar-refractivity contribution in [3.63, 3.8) is 0 Å². The molecule has 0 fully saturated rings. The van der Waals surface area contributed by atoms with Crippen LogP contribution in [-0.2, 0) is 5.41 Å². The summed E-state index contributed by atoms with van der Waals surface area (Å²) in [5.74, 6) is 0.842. The van der Waals surface area contributed by atoms with Crippen LogP contribution in [0.2, 0.25) is 0 Å². The smallest absolute Gasteiger partial charge is 0.130 e. The van der Waals surface area contributed by atoms with Gasteiger partial charge in [0.25, 0.3) is 0 Å². The molecular weight excluding hydrogens is 208 g/mol. The van der Waals surface area contributed by atoms with Crippen molar-refractivity contribution < 1.29 is 0 Å². The second kappa shape index (κ2) is 4.58. The van der Waals surface area contributed by atoms with E-state index in [0.717, 1.165) is 11.5 Å². The molecule has 0 bridgehead atoms. The average molecular weight is 225 g/mol. The highest BCUT2D eigenvalue weighted by atomic mass is 15.0. The lowest BCUT2D eigenvalue weighted by Crippen LogP contribution is -2.11. The number of aromatic nitrogens is 1. The quantitative estimate of drug-likeness (QED) is 0.837. The molecule has 2 rings (SSSR count). The Balaban J connectivity index is 2.23. The average Bonchev–Trinajstić information content (AvgIpc) is 2.29. The molecule has 0 amide bonds. The Bertz CT molecular complexity index is 484. The van der Waals surface area contributed by atoms with Crippen molar-refractivity contribution in [3.05, 3.63) is 54.2 Å². The Kier molecular flexibility index (Phi) is 3.14. The van der Waals surface area contributed by atoms with E-state index in [0.29, 0.717) is 0 Å². The number of anilines is 2. The van der Waals surface area contributed by atoms with Crippen LogP contribution in [0.1, 0.15) is 26.3 Å². The van der Waals surface area contributed by atoms with Crippen molar-refractivity contribution in [1.82, 2.24) is 4.98 Å². The number of pyridine rings is 1. The second-order valence-corrected chi connectivity index (χ2v) is 5.10. The van der Waals surface area contributed by atoms with E-state index in [2.05, 4.69) is 55.3 Å². The minimum atomic E-state index is 0.162. The van der Waals surface area contributed by atoms with Gasteiger partial charge in [-0.2, -0.15) is 0 Å². The molecule has 0 saturated carbocycles. The van der Waals surface area contributed by atoms with Crippen LogP contribution < -0.4 is 5.32 Å². The summed E-state index contributed by atoms with van der Waals surface area (Å²) in [6.45, 7) is 6.63. The van der Waals surface area contributed by atoms with E-state index in [-0.39, 0.29) is 5.41 Å². The molecule has 0 aliphatic carbocycles. The van der Waals surface area contributed by atoms with Gasteiger partial charge in [0.2, 0.25) is 0 Å². The van der Waals surface area contributed by atoms with Crippen molar-refractivity contribution >= 4 is 11.5 Å². The van der Waals surface area contributed by atoms with Crippen LogP contribution in [0.4, 0.5) is 11.5 Å². The molecule has 2 aromatic rings. The molecule has 1 aromatic carbocycles. The maximum absolute atomic E-state index is 4.20. The van der Waals surface area contributed by atoms with Crippen LogP contribution in [0.25, 0.3) is 0 Å². The molecule has 0 spiro atoms. The van der Waals surface area contributed by atoms with E-state index < -0.39 is 0 Å². The van der Waals surface area contributed by atoms with Crippen LogP contribution in [0.15, 0.2) is 42.6 Å². The van der Waals surface area contributed by atoms with E-state index in [1.807, 2.05) is 18.2 Å². The Morgan fingerprint density at radius 1 is 1.18 bits per heavy atom. The number of benzene rings is 1. The summed E-state index contributed by atoms with van der Waals surface area (Å²) in [5.41, 5.74) is 2.54. The van der Waals surface area contributed by atoms with Gasteiger partial charge in [-0.25, -0.2) is 4.98 Å². The van der Waals surface area contributed by atoms with Gasteiger partial charge in [0.15, 0.2) is 0 Å². The predicted molar refractivity (Wildman–Crippen MR) is 71.5 cm³/mol. The first kappa shape index (κ1) is 11.6. The van der Waals surface area contributed by atoms with Gasteiger partial charge in [-0.1, -0.05) is 32.9 Å². The number of hydrogen-bond acceptors (Lipinski definition) is 2. The van der Waals surface area contributed by atoms with Crippen LogP contribution in [-0.4, -0.2) is 4.98 Å². The fourth-order valence-corrected chi connectivity index (χ4v) is 1.61. The minimum absolute atomic E-state index is 0.162. The number of nitrogens with zero attached hydrogens (tertiary/aromatic N) is 1. The Morgan fingerprint density at radius 3 is 2.65 bits per heavy atom. The highest BCUT2D eigenvalue weighted by Crippen LogP contribution is 2.25. The predicted octanol–water partition coefficient (Wildman–Crippen LogP) is 3.92. The van der Waals surface area contributed by atoms with Gasteiger partial charge < -0.3 is 5.32 Å². The van der Waals surface area contributed by atoms with Crippen LogP contribution in [0.5, 0.6) is 0 Å². The number of hydrogen-bond donors (Lipinski definition) is 1. The molecular formula is C15H17N2. The van der Waals surface area contributed by atoms with E-state index in [9.17, 15) is 0 Å². The number of nitrogens with one attached hydrogen (secondary N) is 1. The lowest BCUT2D eigenvalue weighted by atomic mass is 9.87. The monoisotopic (exact) mass is 225 g/mol. The van der Waals surface area contributed by atoms with Gasteiger partial charge in [-0.05, 0) is 35.2 Å². The summed E-state index contributed by atoms with van der Waals surface area (Å²) in [4.78, 5) is 4.20. The molecule has 17 heavy (non-hydrogen) atoms. The molecule has 0 atom stereocenters. The summed E-state index contributed by atoms with van der Waals surface area (Å²) in [7, 11) is 0. The van der Waals surface area contributed by atoms with Gasteiger partial charge in [0.1, 0.15) is 5.82 Å². The lowest BCUT2D eigenvalue weighted by molar-refractivity contribution is 0.590. The van der Waals surface area contributed by atoms with Crippen LogP contribution in [0, 0.1) is 6.07 Å². The molecule has 1 heterocycles. The summed E-state index contributed by atoms with van der Waals surface area (Å²) in [5, 5.41) is 3.29. The van der Waals surface area contributed by atoms with E-state index in [1.165, 1.54) is 5.56 Å². The summed E-state index contributed by atoms with van der Waals surface area (Å²) < 4.78 is 0. The first-order valence-electron chi connectivity index (χ1n) is 5.75. The first-order chi connectivity index (χ1) is 8.05. The third-order valence-electron chi connectivity index (χ3n) is 2.62. The summed E-state index contributed by atoms with van der Waals surface area (Å²) in [6, 6.07) is 15.1. The van der Waals surface area contributed by atoms with E-state index >= 15 is 0 Å². The molecule has 0 aliphatic heterocycles. The fourth-order valence-electron chi connectivity index (χ4n) is 1.61. The maximum atomic E-state index is 4.20. The van der Waals surface area contributed by atoms with Gasteiger partial charge in [-0.15, -0.1) is 0 Å². The highest BCUT2D eigenvalue weighted by molar-refractivity contribution is 5.57. The molecule has 0 aliphatic rings. The third-order valence-corrected chi connectivity index (χ3v) is 2.62. The molecule has 2 heteroatoms. The second-order valence-electron chi connectivity index (χ2n) is 5.10. The molecule has 1 radical (unpaired) electrons. The zero-order valence-corrected chi connectivity index (χ0v) is 10.5. The van der Waals surface area contributed by atoms with E-state index in [1.54, 1.807) is 6.20 Å². The molecule has 2 nitrogen and oxygen atoms in total. The lowest BCUT2D eigenvalue weighted by Gasteiger charge is -2.20. The Morgan fingerprint density at radius 2 is 2.00 bits per heavy atom. The van der Waals surface area contributed by atoms with Crippen molar-refractivity contribution in [2.24, 2.45) is 0 Å². The standard InChI is InChI=1S/C15H17N2/c1-15(2,3)12-7-6-8-13(11-12)17-14-9-4-5-10-16-14/h4,6-11H,1-3H3,(H,16,17). The van der Waals surface area contributed by atoms with Crippen molar-refractivity contribution in [1.29, 1.82) is 0 Å². The fraction of sp³-hybridized carbons (Fsp3) is 0.267.